The van der Waals surface area contributed by atoms with Crippen LogP contribution in [0.25, 0.3) is 0 Å². The summed E-state index contributed by atoms with van der Waals surface area (Å²) in [6.45, 7) is 9.36. The lowest BCUT2D eigenvalue weighted by molar-refractivity contribution is 0.408. The van der Waals surface area contributed by atoms with Gasteiger partial charge in [0.1, 0.15) is 0 Å². The Kier molecular flexibility index (Phi) is 14.4. The van der Waals surface area contributed by atoms with Crippen molar-refractivity contribution in [2.75, 3.05) is 0 Å². The van der Waals surface area contributed by atoms with Gasteiger partial charge in [0.05, 0.1) is 0 Å². The smallest absolute Gasteiger partial charge is 0.0326 e. The van der Waals surface area contributed by atoms with Gasteiger partial charge >= 0.3 is 0 Å². The second-order valence-electron chi connectivity index (χ2n) is 6.42. The highest BCUT2D eigenvalue weighted by Crippen LogP contribution is 2.25. The molecule has 0 heterocycles. The van der Waals surface area contributed by atoms with Gasteiger partial charge < -0.3 is 0 Å². The molecule has 0 amide bonds. The Morgan fingerprint density at radius 1 is 0.632 bits per heavy atom. The van der Waals surface area contributed by atoms with Crippen molar-refractivity contribution in [2.24, 2.45) is 11.8 Å². The molecule has 0 nitrogen and oxygen atoms in total. The summed E-state index contributed by atoms with van der Waals surface area (Å²) in [7, 11) is 0. The quantitative estimate of drug-likeness (QED) is 0.292. The van der Waals surface area contributed by atoms with Crippen LogP contribution in [0.3, 0.4) is 0 Å². The number of hydrogen-bond donors (Lipinski definition) is 0. The van der Waals surface area contributed by atoms with Gasteiger partial charge in [-0.25, -0.2) is 0 Å². The summed E-state index contributed by atoms with van der Waals surface area (Å²) in [6.07, 6.45) is 19.6. The standard InChI is InChI=1S/C19H39/c1-5-8-11-12-13-14-18(4)17-19(15-9-6-2)16-10-7-3/h17-19H,5-16H2,1-4H3. The van der Waals surface area contributed by atoms with E-state index in [0.29, 0.717) is 0 Å². The van der Waals surface area contributed by atoms with E-state index in [1.54, 1.807) is 0 Å². The molecular formula is C19H39. The maximum atomic E-state index is 2.69. The fourth-order valence-corrected chi connectivity index (χ4v) is 2.90. The predicted molar refractivity (Wildman–Crippen MR) is 89.4 cm³/mol. The normalized spacial score (nSPS) is 13.1. The molecule has 0 bridgehead atoms. The van der Waals surface area contributed by atoms with Gasteiger partial charge in [0, 0.05) is 0 Å². The van der Waals surface area contributed by atoms with Crippen LogP contribution in [0.15, 0.2) is 0 Å². The van der Waals surface area contributed by atoms with Crippen molar-refractivity contribution in [2.45, 2.75) is 105 Å². The Morgan fingerprint density at radius 2 is 1.16 bits per heavy atom. The average molecular weight is 268 g/mol. The summed E-state index contributed by atoms with van der Waals surface area (Å²) >= 11 is 0. The summed E-state index contributed by atoms with van der Waals surface area (Å²) < 4.78 is 0. The lowest BCUT2D eigenvalue weighted by atomic mass is 9.85. The molecule has 0 aromatic carbocycles. The Labute approximate surface area is 123 Å². The van der Waals surface area contributed by atoms with E-state index in [9.17, 15) is 0 Å². The molecule has 0 aliphatic rings. The van der Waals surface area contributed by atoms with Crippen LogP contribution in [-0.4, -0.2) is 0 Å². The third kappa shape index (κ3) is 12.8. The second-order valence-corrected chi connectivity index (χ2v) is 6.42. The lowest BCUT2D eigenvalue weighted by Gasteiger charge is -2.20. The number of unbranched alkanes of at least 4 members (excludes halogenated alkanes) is 6. The van der Waals surface area contributed by atoms with E-state index in [4.69, 9.17) is 0 Å². The summed E-state index contributed by atoms with van der Waals surface area (Å²) in [5, 5.41) is 0. The van der Waals surface area contributed by atoms with Crippen LogP contribution in [0.1, 0.15) is 105 Å². The van der Waals surface area contributed by atoms with Crippen molar-refractivity contribution in [3.05, 3.63) is 6.42 Å². The van der Waals surface area contributed by atoms with E-state index in [0.717, 1.165) is 11.8 Å². The van der Waals surface area contributed by atoms with Crippen LogP contribution in [-0.2, 0) is 0 Å². The Balaban J connectivity index is 3.71. The zero-order valence-electron chi connectivity index (χ0n) is 14.2. The van der Waals surface area contributed by atoms with Crippen molar-refractivity contribution in [3.8, 4) is 0 Å². The van der Waals surface area contributed by atoms with Crippen molar-refractivity contribution < 1.29 is 0 Å². The topological polar surface area (TPSA) is 0 Å². The number of hydrogen-bond acceptors (Lipinski definition) is 0. The maximum absolute atomic E-state index is 2.69. The molecular weight excluding hydrogens is 228 g/mol. The van der Waals surface area contributed by atoms with Gasteiger partial charge in [-0.2, -0.15) is 0 Å². The summed E-state index contributed by atoms with van der Waals surface area (Å²) in [6, 6.07) is 0. The first kappa shape index (κ1) is 19.0. The van der Waals surface area contributed by atoms with E-state index < -0.39 is 0 Å². The molecule has 0 aromatic rings. The predicted octanol–water partition coefficient (Wildman–Crippen LogP) is 7.18. The van der Waals surface area contributed by atoms with Crippen molar-refractivity contribution >= 4 is 0 Å². The van der Waals surface area contributed by atoms with E-state index in [2.05, 4.69) is 34.1 Å². The fraction of sp³-hybridized carbons (Fsp3) is 0.947. The zero-order chi connectivity index (χ0) is 14.3. The van der Waals surface area contributed by atoms with Crippen LogP contribution in [0.5, 0.6) is 0 Å². The van der Waals surface area contributed by atoms with Gasteiger partial charge in [0.2, 0.25) is 0 Å². The highest BCUT2D eigenvalue weighted by atomic mass is 14.2. The first-order chi connectivity index (χ1) is 9.24. The molecule has 0 N–H and O–H groups in total. The summed E-state index contributed by atoms with van der Waals surface area (Å²) in [5.41, 5.74) is 0. The molecule has 0 rings (SSSR count). The van der Waals surface area contributed by atoms with Gasteiger partial charge in [0.15, 0.2) is 0 Å². The first-order valence-corrected chi connectivity index (χ1v) is 9.09. The molecule has 0 saturated carbocycles. The second kappa shape index (κ2) is 14.4. The minimum absolute atomic E-state index is 0.834. The fourth-order valence-electron chi connectivity index (χ4n) is 2.90. The largest absolute Gasteiger partial charge is 0.0654 e. The minimum atomic E-state index is 0.834. The van der Waals surface area contributed by atoms with Crippen molar-refractivity contribution in [3.63, 3.8) is 0 Å². The van der Waals surface area contributed by atoms with Crippen molar-refractivity contribution in [1.29, 1.82) is 0 Å². The Bertz CT molecular complexity index is 153. The lowest BCUT2D eigenvalue weighted by Crippen LogP contribution is -2.08. The van der Waals surface area contributed by atoms with E-state index in [1.165, 1.54) is 77.0 Å². The molecule has 19 heavy (non-hydrogen) atoms. The Hall–Kier alpha value is 0. The van der Waals surface area contributed by atoms with Gasteiger partial charge in [0.25, 0.3) is 0 Å². The zero-order valence-corrected chi connectivity index (χ0v) is 14.2. The highest BCUT2D eigenvalue weighted by Gasteiger charge is 2.12. The SMILES string of the molecule is CCCCCCCC(C)[CH]C(CCCC)CCCC. The minimum Gasteiger partial charge on any atom is -0.0654 e. The van der Waals surface area contributed by atoms with Gasteiger partial charge in [-0.1, -0.05) is 105 Å². The highest BCUT2D eigenvalue weighted by molar-refractivity contribution is 4.81. The number of rotatable bonds is 14. The molecule has 1 atom stereocenters. The van der Waals surface area contributed by atoms with Crippen LogP contribution in [0.2, 0.25) is 0 Å². The molecule has 0 aromatic heterocycles. The van der Waals surface area contributed by atoms with Crippen molar-refractivity contribution in [1.82, 2.24) is 0 Å². The summed E-state index contributed by atoms with van der Waals surface area (Å²) in [5.74, 6) is 1.73. The van der Waals surface area contributed by atoms with Gasteiger partial charge in [-0.05, 0) is 18.3 Å². The molecule has 0 spiro atoms. The van der Waals surface area contributed by atoms with E-state index >= 15 is 0 Å². The average Bonchev–Trinajstić information content (AvgIpc) is 2.41. The maximum Gasteiger partial charge on any atom is -0.0326 e. The molecule has 115 valence electrons. The Morgan fingerprint density at radius 3 is 1.68 bits per heavy atom. The van der Waals surface area contributed by atoms with Gasteiger partial charge in [-0.15, -0.1) is 0 Å². The van der Waals surface area contributed by atoms with Gasteiger partial charge in [-0.3, -0.25) is 0 Å². The van der Waals surface area contributed by atoms with E-state index in [-0.39, 0.29) is 0 Å². The van der Waals surface area contributed by atoms with Crippen LogP contribution < -0.4 is 0 Å². The van der Waals surface area contributed by atoms with Crippen LogP contribution in [0.4, 0.5) is 0 Å². The summed E-state index contributed by atoms with van der Waals surface area (Å²) in [4.78, 5) is 0. The van der Waals surface area contributed by atoms with E-state index in [1.807, 2.05) is 0 Å². The molecule has 1 unspecified atom stereocenters. The first-order valence-electron chi connectivity index (χ1n) is 9.09. The third-order valence-corrected chi connectivity index (χ3v) is 4.22. The molecule has 0 aliphatic heterocycles. The molecule has 0 saturated heterocycles. The third-order valence-electron chi connectivity index (χ3n) is 4.22. The molecule has 0 fully saturated rings. The molecule has 0 heteroatoms. The van der Waals surface area contributed by atoms with Crippen LogP contribution in [0, 0.1) is 18.3 Å². The monoisotopic (exact) mass is 267 g/mol. The molecule has 0 aliphatic carbocycles. The van der Waals surface area contributed by atoms with Crippen LogP contribution >= 0.6 is 0 Å². The molecule has 1 radical (unpaired) electrons.